The zero-order chi connectivity index (χ0) is 19.8. The van der Waals surface area contributed by atoms with Gasteiger partial charge in [0.25, 0.3) is 0 Å². The highest BCUT2D eigenvalue weighted by molar-refractivity contribution is 7.98. The molecule has 1 aliphatic heterocycles. The van der Waals surface area contributed by atoms with Gasteiger partial charge >= 0.3 is 0 Å². The fraction of sp³-hybridized carbons (Fsp3) is 0.200. The maximum Gasteiger partial charge on any atom is 0.247 e. The summed E-state index contributed by atoms with van der Waals surface area (Å²) in [5.41, 5.74) is 3.24. The largest absolute Gasteiger partial charge is 0.447 e. The molecule has 1 amide bonds. The Morgan fingerprint density at radius 3 is 2.75 bits per heavy atom. The van der Waals surface area contributed by atoms with Gasteiger partial charge in [0.05, 0.1) is 5.69 Å². The molecule has 1 unspecified atom stereocenters. The summed E-state index contributed by atoms with van der Waals surface area (Å²) in [6.07, 6.45) is 0.951. The highest BCUT2D eigenvalue weighted by atomic mass is 32.2. The predicted molar refractivity (Wildman–Crippen MR) is 105 cm³/mol. The van der Waals surface area contributed by atoms with Crippen molar-refractivity contribution in [3.8, 4) is 17.1 Å². The van der Waals surface area contributed by atoms with Crippen LogP contribution >= 0.6 is 11.8 Å². The van der Waals surface area contributed by atoms with Crippen LogP contribution in [0.15, 0.2) is 47.6 Å². The van der Waals surface area contributed by atoms with Gasteiger partial charge in [-0.3, -0.25) is 9.69 Å². The molecule has 0 spiro atoms. The van der Waals surface area contributed by atoms with Gasteiger partial charge in [-0.2, -0.15) is 4.98 Å². The smallest absolute Gasteiger partial charge is 0.247 e. The summed E-state index contributed by atoms with van der Waals surface area (Å²) in [6, 6.07) is 11.6. The first-order valence-electron chi connectivity index (χ1n) is 8.59. The lowest BCUT2D eigenvalue weighted by molar-refractivity contribution is -0.118. The molecule has 1 atom stereocenters. The molecule has 1 aromatic heterocycles. The Balaban J connectivity index is 2.00. The van der Waals surface area contributed by atoms with E-state index in [2.05, 4.69) is 15.2 Å². The molecule has 28 heavy (non-hydrogen) atoms. The van der Waals surface area contributed by atoms with Crippen molar-refractivity contribution in [1.29, 1.82) is 0 Å². The van der Waals surface area contributed by atoms with Crippen molar-refractivity contribution in [2.45, 2.75) is 25.2 Å². The number of rotatable bonds is 2. The third-order valence-corrected chi connectivity index (χ3v) is 4.95. The Morgan fingerprint density at radius 2 is 2.04 bits per heavy atom. The number of fused-ring (bicyclic) bond motifs is 3. The predicted octanol–water partition coefficient (Wildman–Crippen LogP) is 4.15. The average molecular weight is 396 g/mol. The Labute approximate surface area is 165 Å². The van der Waals surface area contributed by atoms with Crippen molar-refractivity contribution >= 4 is 23.4 Å². The van der Waals surface area contributed by atoms with Crippen molar-refractivity contribution in [3.05, 3.63) is 59.4 Å². The number of ether oxygens (including phenoxy) is 1. The van der Waals surface area contributed by atoms with Gasteiger partial charge in [0.15, 0.2) is 5.69 Å². The van der Waals surface area contributed by atoms with Crippen LogP contribution in [0.1, 0.15) is 24.3 Å². The van der Waals surface area contributed by atoms with Crippen molar-refractivity contribution in [2.24, 2.45) is 0 Å². The van der Waals surface area contributed by atoms with E-state index >= 15 is 0 Å². The minimum atomic E-state index is -0.887. The molecule has 0 aliphatic carbocycles. The number of halogens is 1. The topological polar surface area (TPSA) is 68.2 Å². The van der Waals surface area contributed by atoms with Crippen molar-refractivity contribution in [3.63, 3.8) is 0 Å². The lowest BCUT2D eigenvalue weighted by atomic mass is 10.0. The van der Waals surface area contributed by atoms with E-state index in [0.717, 1.165) is 5.56 Å². The molecule has 0 N–H and O–H groups in total. The van der Waals surface area contributed by atoms with E-state index in [9.17, 15) is 9.18 Å². The number of carbonyl (C=O) groups excluding carboxylic acids is 1. The normalized spacial score (nSPS) is 15.3. The maximum atomic E-state index is 13.9. The molecule has 0 fully saturated rings. The first-order chi connectivity index (χ1) is 13.5. The summed E-state index contributed by atoms with van der Waals surface area (Å²) < 4.78 is 20.1. The molecule has 4 rings (SSSR count). The highest BCUT2D eigenvalue weighted by Gasteiger charge is 2.34. The highest BCUT2D eigenvalue weighted by Crippen LogP contribution is 2.43. The third-order valence-electron chi connectivity index (χ3n) is 4.42. The summed E-state index contributed by atoms with van der Waals surface area (Å²) in [6.45, 7) is 3.40. The number of thioether (sulfide) groups is 1. The minimum absolute atomic E-state index is 0.245. The molecule has 2 heterocycles. The summed E-state index contributed by atoms with van der Waals surface area (Å²) in [4.78, 5) is 18.6. The summed E-state index contributed by atoms with van der Waals surface area (Å²) in [5.74, 6) is -0.404. The molecule has 1 aliphatic rings. The van der Waals surface area contributed by atoms with Crippen molar-refractivity contribution in [1.82, 2.24) is 15.2 Å². The van der Waals surface area contributed by atoms with Crippen LogP contribution in [0, 0.1) is 12.7 Å². The lowest BCUT2D eigenvalue weighted by Crippen LogP contribution is -2.36. The van der Waals surface area contributed by atoms with E-state index in [0.29, 0.717) is 27.7 Å². The summed E-state index contributed by atoms with van der Waals surface area (Å²) >= 11 is 1.33. The van der Waals surface area contributed by atoms with Crippen LogP contribution in [0.2, 0.25) is 0 Å². The molecule has 6 nitrogen and oxygen atoms in total. The Bertz CT molecular complexity index is 1080. The fourth-order valence-corrected chi connectivity index (χ4v) is 3.48. The fourth-order valence-electron chi connectivity index (χ4n) is 3.18. The minimum Gasteiger partial charge on any atom is -0.447 e. The summed E-state index contributed by atoms with van der Waals surface area (Å²) in [7, 11) is 0. The SMILES string of the molecule is CSc1nnc2c(n1)OC(c1cccc(F)c1)N(C(C)=O)c1ccc(C)cc1-2. The van der Waals surface area contributed by atoms with Gasteiger partial charge in [-0.05, 0) is 37.4 Å². The zero-order valence-corrected chi connectivity index (χ0v) is 16.3. The number of hydrogen-bond donors (Lipinski definition) is 0. The number of aryl methyl sites for hydroxylation is 1. The quantitative estimate of drug-likeness (QED) is 0.606. The molecule has 3 aromatic rings. The zero-order valence-electron chi connectivity index (χ0n) is 15.5. The van der Waals surface area contributed by atoms with Crippen LogP contribution in [-0.4, -0.2) is 27.3 Å². The number of carbonyl (C=O) groups is 1. The molecule has 142 valence electrons. The Hall–Kier alpha value is -3.00. The van der Waals surface area contributed by atoms with Crippen LogP contribution in [0.3, 0.4) is 0 Å². The second-order valence-electron chi connectivity index (χ2n) is 6.39. The molecule has 0 saturated carbocycles. The first-order valence-corrected chi connectivity index (χ1v) is 9.82. The molecular formula is C20H17FN4O2S. The molecular weight excluding hydrogens is 379 g/mol. The number of hydrogen-bond acceptors (Lipinski definition) is 6. The van der Waals surface area contributed by atoms with Gasteiger partial charge in [-0.1, -0.05) is 35.5 Å². The Kier molecular flexibility index (Phi) is 4.72. The maximum absolute atomic E-state index is 13.9. The monoisotopic (exact) mass is 396 g/mol. The third kappa shape index (κ3) is 3.20. The Morgan fingerprint density at radius 1 is 1.21 bits per heavy atom. The second-order valence-corrected chi connectivity index (χ2v) is 7.16. The van der Waals surface area contributed by atoms with Crippen LogP contribution < -0.4 is 9.64 Å². The number of nitrogens with zero attached hydrogens (tertiary/aromatic N) is 4. The van der Waals surface area contributed by atoms with Crippen molar-refractivity contribution < 1.29 is 13.9 Å². The number of benzene rings is 2. The first kappa shape index (κ1) is 18.4. The van der Waals surface area contributed by atoms with Crippen LogP contribution in [-0.2, 0) is 4.79 Å². The molecule has 2 aromatic carbocycles. The van der Waals surface area contributed by atoms with Crippen LogP contribution in [0.5, 0.6) is 5.88 Å². The van der Waals surface area contributed by atoms with E-state index in [-0.39, 0.29) is 11.8 Å². The van der Waals surface area contributed by atoms with Crippen LogP contribution in [0.25, 0.3) is 11.3 Å². The standard InChI is InChI=1S/C20H17FN4O2S/c1-11-7-8-16-15(9-11)17-18(22-20(28-3)24-23-17)27-19(25(16)12(2)26)13-5-4-6-14(21)10-13/h4-10,19H,1-3H3. The molecule has 8 heteroatoms. The molecule has 0 radical (unpaired) electrons. The average Bonchev–Trinajstić information content (AvgIpc) is 2.81. The second kappa shape index (κ2) is 7.20. The molecule has 0 bridgehead atoms. The van der Waals surface area contributed by atoms with E-state index in [1.54, 1.807) is 12.1 Å². The van der Waals surface area contributed by atoms with E-state index in [4.69, 9.17) is 4.74 Å². The van der Waals surface area contributed by atoms with E-state index < -0.39 is 12.0 Å². The van der Waals surface area contributed by atoms with Gasteiger partial charge in [-0.25, -0.2) is 4.39 Å². The lowest BCUT2D eigenvalue weighted by Gasteiger charge is -2.30. The number of aromatic nitrogens is 3. The van der Waals surface area contributed by atoms with Gasteiger partial charge in [0, 0.05) is 18.1 Å². The van der Waals surface area contributed by atoms with E-state index in [1.807, 2.05) is 31.4 Å². The summed E-state index contributed by atoms with van der Waals surface area (Å²) in [5, 5.41) is 8.87. The van der Waals surface area contributed by atoms with Gasteiger partial charge in [-0.15, -0.1) is 10.2 Å². The van der Waals surface area contributed by atoms with Crippen LogP contribution in [0.4, 0.5) is 10.1 Å². The van der Waals surface area contributed by atoms with Crippen molar-refractivity contribution in [2.75, 3.05) is 11.2 Å². The number of amides is 1. The van der Waals surface area contributed by atoms with E-state index in [1.165, 1.54) is 35.7 Å². The van der Waals surface area contributed by atoms with Gasteiger partial charge < -0.3 is 4.74 Å². The van der Waals surface area contributed by atoms with Gasteiger partial charge in [0.1, 0.15) is 5.82 Å². The molecule has 0 saturated heterocycles. The number of anilines is 1. The van der Waals surface area contributed by atoms with Gasteiger partial charge in [0.2, 0.25) is 23.2 Å².